The maximum Gasteiger partial charge on any atom is 0.243 e. The van der Waals surface area contributed by atoms with Gasteiger partial charge in [-0.15, -0.1) is 0 Å². The Labute approximate surface area is 74.0 Å². The van der Waals surface area contributed by atoms with Crippen LogP contribution in [-0.4, -0.2) is 18.5 Å². The third kappa shape index (κ3) is 4.91. The number of carbonyl (C=O) groups is 1. The summed E-state index contributed by atoms with van der Waals surface area (Å²) in [6, 6.07) is 0.124. The highest BCUT2D eigenvalue weighted by molar-refractivity contribution is 5.87. The van der Waals surface area contributed by atoms with Crippen molar-refractivity contribution in [2.24, 2.45) is 5.73 Å². The van der Waals surface area contributed by atoms with Crippen molar-refractivity contribution in [3.63, 3.8) is 0 Å². The topological polar surface area (TPSA) is 55.1 Å². The summed E-state index contributed by atoms with van der Waals surface area (Å²) in [5.41, 5.74) is 5.46. The molecule has 3 heteroatoms. The lowest BCUT2D eigenvalue weighted by Gasteiger charge is -2.13. The molecule has 1 amide bonds. The minimum Gasteiger partial charge on any atom is -0.349 e. The number of hydrogen-bond acceptors (Lipinski definition) is 2. The maximum atomic E-state index is 11.0. The SMILES string of the molecule is CC=CC(=O)NC(CN)CCC. The summed E-state index contributed by atoms with van der Waals surface area (Å²) in [5.74, 6) is -0.0543. The van der Waals surface area contributed by atoms with Crippen molar-refractivity contribution >= 4 is 5.91 Å². The molecular formula is C9H18N2O. The van der Waals surface area contributed by atoms with Crippen LogP contribution in [0.25, 0.3) is 0 Å². The fraction of sp³-hybridized carbons (Fsp3) is 0.667. The molecule has 0 saturated carbocycles. The van der Waals surface area contributed by atoms with Gasteiger partial charge in [-0.25, -0.2) is 0 Å². The van der Waals surface area contributed by atoms with Crippen molar-refractivity contribution in [1.29, 1.82) is 0 Å². The molecule has 0 aliphatic heterocycles. The van der Waals surface area contributed by atoms with Crippen LogP contribution in [0, 0.1) is 0 Å². The van der Waals surface area contributed by atoms with E-state index in [9.17, 15) is 4.79 Å². The van der Waals surface area contributed by atoms with E-state index in [1.807, 2.05) is 6.92 Å². The fourth-order valence-electron chi connectivity index (χ4n) is 0.998. The van der Waals surface area contributed by atoms with Crippen LogP contribution in [0.3, 0.4) is 0 Å². The van der Waals surface area contributed by atoms with Gasteiger partial charge in [0, 0.05) is 12.6 Å². The third-order valence-corrected chi connectivity index (χ3v) is 1.59. The van der Waals surface area contributed by atoms with Gasteiger partial charge >= 0.3 is 0 Å². The largest absolute Gasteiger partial charge is 0.349 e. The summed E-state index contributed by atoms with van der Waals surface area (Å²) in [5, 5.41) is 2.82. The Bertz CT molecular complexity index is 155. The Morgan fingerprint density at radius 3 is 2.75 bits per heavy atom. The van der Waals surface area contributed by atoms with Gasteiger partial charge in [-0.2, -0.15) is 0 Å². The fourth-order valence-corrected chi connectivity index (χ4v) is 0.998. The summed E-state index contributed by atoms with van der Waals surface area (Å²) in [6.45, 7) is 4.40. The van der Waals surface area contributed by atoms with Gasteiger partial charge in [0.1, 0.15) is 0 Å². The lowest BCUT2D eigenvalue weighted by Crippen LogP contribution is -2.39. The molecule has 0 fully saturated rings. The Morgan fingerprint density at radius 2 is 2.33 bits per heavy atom. The number of rotatable bonds is 5. The molecule has 70 valence electrons. The van der Waals surface area contributed by atoms with Gasteiger partial charge in [0.25, 0.3) is 0 Å². The number of allylic oxidation sites excluding steroid dienone is 1. The van der Waals surface area contributed by atoms with Crippen molar-refractivity contribution in [3.8, 4) is 0 Å². The summed E-state index contributed by atoms with van der Waals surface area (Å²) in [4.78, 5) is 11.0. The molecule has 0 aromatic heterocycles. The average Bonchev–Trinajstić information content (AvgIpc) is 2.04. The zero-order chi connectivity index (χ0) is 9.40. The van der Waals surface area contributed by atoms with Crippen molar-refractivity contribution in [2.75, 3.05) is 6.54 Å². The molecule has 0 saturated heterocycles. The van der Waals surface area contributed by atoms with E-state index in [2.05, 4.69) is 12.2 Å². The second-order valence-electron chi connectivity index (χ2n) is 2.73. The van der Waals surface area contributed by atoms with Gasteiger partial charge in [-0.1, -0.05) is 19.4 Å². The van der Waals surface area contributed by atoms with Crippen molar-refractivity contribution in [1.82, 2.24) is 5.32 Å². The molecule has 0 bridgehead atoms. The van der Waals surface area contributed by atoms with Crippen LogP contribution < -0.4 is 11.1 Å². The Hall–Kier alpha value is -0.830. The van der Waals surface area contributed by atoms with E-state index in [0.717, 1.165) is 12.8 Å². The second-order valence-corrected chi connectivity index (χ2v) is 2.73. The van der Waals surface area contributed by atoms with Crippen LogP contribution in [0.4, 0.5) is 0 Å². The molecule has 0 rings (SSSR count). The van der Waals surface area contributed by atoms with Crippen molar-refractivity contribution < 1.29 is 4.79 Å². The number of nitrogens with two attached hydrogens (primary N) is 1. The minimum absolute atomic E-state index is 0.0543. The zero-order valence-corrected chi connectivity index (χ0v) is 7.84. The van der Waals surface area contributed by atoms with Crippen LogP contribution in [0.15, 0.2) is 12.2 Å². The lowest BCUT2D eigenvalue weighted by atomic mass is 10.1. The summed E-state index contributed by atoms with van der Waals surface area (Å²) >= 11 is 0. The zero-order valence-electron chi connectivity index (χ0n) is 7.84. The highest BCUT2D eigenvalue weighted by atomic mass is 16.1. The Balaban J connectivity index is 3.76. The molecule has 0 aliphatic carbocycles. The van der Waals surface area contributed by atoms with Crippen molar-refractivity contribution in [2.45, 2.75) is 32.7 Å². The standard InChI is InChI=1S/C9H18N2O/c1-3-5-8(7-10)11-9(12)6-4-2/h4,6,8H,3,5,7,10H2,1-2H3,(H,11,12). The first-order valence-corrected chi connectivity index (χ1v) is 4.37. The molecule has 1 atom stereocenters. The monoisotopic (exact) mass is 170 g/mol. The predicted molar refractivity (Wildman–Crippen MR) is 50.7 cm³/mol. The van der Waals surface area contributed by atoms with E-state index >= 15 is 0 Å². The van der Waals surface area contributed by atoms with Crippen LogP contribution >= 0.6 is 0 Å². The van der Waals surface area contributed by atoms with Gasteiger partial charge < -0.3 is 11.1 Å². The van der Waals surface area contributed by atoms with Gasteiger partial charge in [0.2, 0.25) is 5.91 Å². The number of nitrogens with one attached hydrogen (secondary N) is 1. The first-order chi connectivity index (χ1) is 5.74. The van der Waals surface area contributed by atoms with E-state index < -0.39 is 0 Å². The predicted octanol–water partition coefficient (Wildman–Crippen LogP) is 0.806. The molecule has 3 N–H and O–H groups in total. The molecule has 1 unspecified atom stereocenters. The Kier molecular flexibility index (Phi) is 6.38. The minimum atomic E-state index is -0.0543. The molecule has 0 spiro atoms. The van der Waals surface area contributed by atoms with E-state index in [0.29, 0.717) is 6.54 Å². The first-order valence-electron chi connectivity index (χ1n) is 4.37. The number of hydrogen-bond donors (Lipinski definition) is 2. The lowest BCUT2D eigenvalue weighted by molar-refractivity contribution is -0.117. The molecule has 0 aromatic carbocycles. The molecule has 0 aromatic rings. The molecule has 3 nitrogen and oxygen atoms in total. The van der Waals surface area contributed by atoms with Crippen LogP contribution in [0.2, 0.25) is 0 Å². The van der Waals surface area contributed by atoms with Crippen LogP contribution in [0.1, 0.15) is 26.7 Å². The molecule has 0 heterocycles. The van der Waals surface area contributed by atoms with Gasteiger partial charge in [-0.3, -0.25) is 4.79 Å². The van der Waals surface area contributed by atoms with E-state index in [1.165, 1.54) is 6.08 Å². The van der Waals surface area contributed by atoms with E-state index in [-0.39, 0.29) is 11.9 Å². The molecular weight excluding hydrogens is 152 g/mol. The second kappa shape index (κ2) is 6.85. The van der Waals surface area contributed by atoms with Crippen molar-refractivity contribution in [3.05, 3.63) is 12.2 Å². The highest BCUT2D eigenvalue weighted by Gasteiger charge is 2.05. The van der Waals surface area contributed by atoms with Crippen LogP contribution in [-0.2, 0) is 4.79 Å². The molecule has 12 heavy (non-hydrogen) atoms. The first kappa shape index (κ1) is 11.2. The molecule has 0 aliphatic rings. The average molecular weight is 170 g/mol. The molecule has 0 radical (unpaired) electrons. The van der Waals surface area contributed by atoms with Crippen LogP contribution in [0.5, 0.6) is 0 Å². The van der Waals surface area contributed by atoms with Gasteiger partial charge in [-0.05, 0) is 19.4 Å². The Morgan fingerprint density at radius 1 is 1.67 bits per heavy atom. The van der Waals surface area contributed by atoms with E-state index in [1.54, 1.807) is 6.08 Å². The smallest absolute Gasteiger partial charge is 0.243 e. The summed E-state index contributed by atoms with van der Waals surface area (Å²) in [7, 11) is 0. The highest BCUT2D eigenvalue weighted by Crippen LogP contribution is 1.94. The summed E-state index contributed by atoms with van der Waals surface area (Å²) in [6.07, 6.45) is 5.21. The van der Waals surface area contributed by atoms with Gasteiger partial charge in [0.05, 0.1) is 0 Å². The van der Waals surface area contributed by atoms with E-state index in [4.69, 9.17) is 5.73 Å². The number of carbonyl (C=O) groups excluding carboxylic acids is 1. The number of amides is 1. The normalized spacial score (nSPS) is 13.2. The quantitative estimate of drug-likeness (QED) is 0.600. The van der Waals surface area contributed by atoms with Gasteiger partial charge in [0.15, 0.2) is 0 Å². The third-order valence-electron chi connectivity index (χ3n) is 1.59. The maximum absolute atomic E-state index is 11.0. The summed E-state index contributed by atoms with van der Waals surface area (Å²) < 4.78 is 0.